The van der Waals surface area contributed by atoms with Crippen LogP contribution >= 0.6 is 24.8 Å². The Balaban J connectivity index is -0.0000000267. The normalized spacial score (nSPS) is 6.92. The van der Waals surface area contributed by atoms with Gasteiger partial charge in [0.1, 0.15) is 0 Å². The average molecular weight is 255 g/mol. The molecular formula is C10H16Cl2Ti. The van der Waals surface area contributed by atoms with E-state index in [4.69, 9.17) is 13.2 Å². The maximum absolute atomic E-state index is 4.93. The van der Waals surface area contributed by atoms with E-state index in [0.29, 0.717) is 0 Å². The fourth-order valence-electron chi connectivity index (χ4n) is 0.222. The molecule has 0 rings (SSSR count). The van der Waals surface area contributed by atoms with Gasteiger partial charge in [0.05, 0.1) is 0 Å². The topological polar surface area (TPSA) is 0 Å². The van der Waals surface area contributed by atoms with Gasteiger partial charge in [0.2, 0.25) is 0 Å². The van der Waals surface area contributed by atoms with Gasteiger partial charge in [-0.3, -0.25) is 13.2 Å². The third-order valence-corrected chi connectivity index (χ3v) is 0.607. The first-order valence-electron chi connectivity index (χ1n) is 3.15. The van der Waals surface area contributed by atoms with Crippen molar-refractivity contribution in [1.29, 1.82) is 0 Å². The molecule has 0 fully saturated rings. The van der Waals surface area contributed by atoms with Crippen LogP contribution in [-0.2, 0) is 21.7 Å². The van der Waals surface area contributed by atoms with Gasteiger partial charge in [-0.2, -0.15) is 12.2 Å². The Morgan fingerprint density at radius 1 is 0.769 bits per heavy atom. The molecule has 0 aliphatic carbocycles. The predicted molar refractivity (Wildman–Crippen MR) is 61.9 cm³/mol. The molecule has 0 aliphatic heterocycles. The number of halogens is 2. The quantitative estimate of drug-likeness (QED) is 0.398. The van der Waals surface area contributed by atoms with Crippen LogP contribution in [0.3, 0.4) is 0 Å². The average Bonchev–Trinajstić information content (AvgIpc) is 1.93. The summed E-state index contributed by atoms with van der Waals surface area (Å²) < 4.78 is 0. The number of allylic oxidation sites excluding steroid dienone is 6. The summed E-state index contributed by atoms with van der Waals surface area (Å²) in [7, 11) is 0. The van der Waals surface area contributed by atoms with Crippen molar-refractivity contribution in [3.8, 4) is 0 Å². The molecule has 74 valence electrons. The Hall–Kier alpha value is 0.254. The van der Waals surface area contributed by atoms with E-state index < -0.39 is 0 Å². The fourth-order valence-corrected chi connectivity index (χ4v) is 0.222. The van der Waals surface area contributed by atoms with Crippen LogP contribution in [0.2, 0.25) is 0 Å². The molecule has 0 unspecified atom stereocenters. The van der Waals surface area contributed by atoms with Crippen molar-refractivity contribution in [3.63, 3.8) is 0 Å². The van der Waals surface area contributed by atoms with Gasteiger partial charge in [-0.1, -0.05) is 13.8 Å². The Morgan fingerprint density at radius 3 is 1.00 bits per heavy atom. The van der Waals surface area contributed by atoms with E-state index >= 15 is 0 Å². The second-order valence-electron chi connectivity index (χ2n) is 1.44. The fraction of sp³-hybridized carbons (Fsp3) is 0.200. The maximum atomic E-state index is 4.93. The molecule has 0 bridgehead atoms. The van der Waals surface area contributed by atoms with Crippen LogP contribution in [0.1, 0.15) is 13.8 Å². The summed E-state index contributed by atoms with van der Waals surface area (Å²) in [5.74, 6) is 0. The van der Waals surface area contributed by atoms with Crippen molar-refractivity contribution in [2.75, 3.05) is 0 Å². The van der Waals surface area contributed by atoms with Gasteiger partial charge in [0.15, 0.2) is 0 Å². The first kappa shape index (κ1) is 29.2. The van der Waals surface area contributed by atoms with Gasteiger partial charge in [0.25, 0.3) is 0 Å². The number of hydrogen-bond acceptors (Lipinski definition) is 0. The van der Waals surface area contributed by atoms with Crippen molar-refractivity contribution in [2.24, 2.45) is 0 Å². The molecule has 0 saturated carbocycles. The SMILES string of the molecule is Cl.Cl.[CH-]=CC=CC.[CH-]=CC=CC.[Ti+2]. The summed E-state index contributed by atoms with van der Waals surface area (Å²) in [6, 6.07) is 0. The first-order chi connectivity index (χ1) is 4.83. The first-order valence-corrected chi connectivity index (χ1v) is 3.15. The van der Waals surface area contributed by atoms with Crippen LogP contribution in [0.4, 0.5) is 0 Å². The van der Waals surface area contributed by atoms with Crippen molar-refractivity contribution in [3.05, 3.63) is 49.6 Å². The van der Waals surface area contributed by atoms with Gasteiger partial charge in [-0.25, -0.2) is 24.3 Å². The molecular weight excluding hydrogens is 239 g/mol. The smallest absolute Gasteiger partial charge is 0.293 e. The molecule has 0 nitrogen and oxygen atoms in total. The minimum Gasteiger partial charge on any atom is -0.293 e. The third-order valence-electron chi connectivity index (χ3n) is 0.607. The van der Waals surface area contributed by atoms with E-state index in [9.17, 15) is 0 Å². The second-order valence-corrected chi connectivity index (χ2v) is 1.44. The standard InChI is InChI=1S/2C5H7.2ClH.Ti/c2*1-3-5-4-2;;;/h2*1,3-5H,2H3;2*1H;/q2*-1;;;+2. The van der Waals surface area contributed by atoms with E-state index in [1.54, 1.807) is 12.2 Å². The summed E-state index contributed by atoms with van der Waals surface area (Å²) in [6.07, 6.45) is 10.3. The van der Waals surface area contributed by atoms with E-state index in [2.05, 4.69) is 0 Å². The monoisotopic (exact) mass is 254 g/mol. The largest absolute Gasteiger partial charge is 2.00 e. The second kappa shape index (κ2) is 39.7. The Labute approximate surface area is 110 Å². The number of rotatable bonds is 2. The zero-order chi connectivity index (χ0) is 8.24. The Kier molecular flexibility index (Phi) is 89.2. The van der Waals surface area contributed by atoms with Crippen LogP contribution in [-0.4, -0.2) is 0 Å². The minimum atomic E-state index is 0. The van der Waals surface area contributed by atoms with Gasteiger partial charge in [-0.05, 0) is 0 Å². The summed E-state index contributed by atoms with van der Waals surface area (Å²) >= 11 is 0. The molecule has 3 heteroatoms. The van der Waals surface area contributed by atoms with E-state index in [0.717, 1.165) is 0 Å². The molecule has 0 N–H and O–H groups in total. The zero-order valence-corrected chi connectivity index (χ0v) is 11.1. The molecule has 0 heterocycles. The molecule has 0 amide bonds. The Morgan fingerprint density at radius 2 is 1.00 bits per heavy atom. The van der Waals surface area contributed by atoms with Crippen molar-refractivity contribution in [2.45, 2.75) is 13.8 Å². The predicted octanol–water partition coefficient (Wildman–Crippen LogP) is 3.94. The van der Waals surface area contributed by atoms with Crippen LogP contribution in [0.5, 0.6) is 0 Å². The van der Waals surface area contributed by atoms with Gasteiger partial charge in [0, 0.05) is 0 Å². The molecule has 0 radical (unpaired) electrons. The maximum Gasteiger partial charge on any atom is 2.00 e. The summed E-state index contributed by atoms with van der Waals surface area (Å²) in [6.45, 7) is 13.7. The van der Waals surface area contributed by atoms with Crippen LogP contribution in [0, 0.1) is 13.2 Å². The molecule has 0 aromatic rings. The molecule has 13 heavy (non-hydrogen) atoms. The summed E-state index contributed by atoms with van der Waals surface area (Å²) in [4.78, 5) is 0. The van der Waals surface area contributed by atoms with Crippen molar-refractivity contribution in [1.82, 2.24) is 0 Å². The van der Waals surface area contributed by atoms with Crippen LogP contribution in [0.15, 0.2) is 36.5 Å². The Bertz CT molecular complexity index is 113. The van der Waals surface area contributed by atoms with Crippen molar-refractivity contribution < 1.29 is 21.7 Å². The molecule has 0 spiro atoms. The molecule has 0 aliphatic rings. The summed E-state index contributed by atoms with van der Waals surface area (Å²) in [5.41, 5.74) is 0. The van der Waals surface area contributed by atoms with E-state index in [-0.39, 0.29) is 46.5 Å². The van der Waals surface area contributed by atoms with Gasteiger partial charge in [-0.15, -0.1) is 24.8 Å². The van der Waals surface area contributed by atoms with Crippen LogP contribution < -0.4 is 0 Å². The van der Waals surface area contributed by atoms with Crippen molar-refractivity contribution >= 4 is 24.8 Å². The van der Waals surface area contributed by atoms with E-state index in [1.807, 2.05) is 26.0 Å². The van der Waals surface area contributed by atoms with E-state index in [1.165, 1.54) is 12.2 Å². The molecule has 0 aromatic carbocycles. The molecule has 0 aromatic heterocycles. The minimum absolute atomic E-state index is 0. The number of hydrogen-bond donors (Lipinski definition) is 0. The zero-order valence-electron chi connectivity index (χ0n) is 7.94. The molecule has 0 atom stereocenters. The van der Waals surface area contributed by atoms with Gasteiger partial charge < -0.3 is 0 Å². The third kappa shape index (κ3) is 71.2. The van der Waals surface area contributed by atoms with Gasteiger partial charge >= 0.3 is 21.7 Å². The summed E-state index contributed by atoms with van der Waals surface area (Å²) in [5, 5.41) is 0. The molecule has 0 saturated heterocycles. The van der Waals surface area contributed by atoms with Crippen LogP contribution in [0.25, 0.3) is 0 Å².